The van der Waals surface area contributed by atoms with E-state index in [0.29, 0.717) is 0 Å². The van der Waals surface area contributed by atoms with Gasteiger partial charge >= 0.3 is 12.1 Å². The molecule has 0 aromatic heterocycles. The van der Waals surface area contributed by atoms with E-state index in [0.717, 1.165) is 6.92 Å². The van der Waals surface area contributed by atoms with Crippen molar-refractivity contribution >= 4 is 11.8 Å². The number of alkyl halides is 3. The molecular formula is C7H9F3O3. The number of hydrogen-bond acceptors (Lipinski definition) is 2. The van der Waals surface area contributed by atoms with Crippen molar-refractivity contribution in [2.24, 2.45) is 5.92 Å². The number of aliphatic carboxylic acids is 1. The van der Waals surface area contributed by atoms with Gasteiger partial charge in [-0.2, -0.15) is 13.2 Å². The summed E-state index contributed by atoms with van der Waals surface area (Å²) in [6, 6.07) is 0. The highest BCUT2D eigenvalue weighted by molar-refractivity contribution is 5.81. The summed E-state index contributed by atoms with van der Waals surface area (Å²) in [5.41, 5.74) is 0. The number of Topliss-reactive ketones (excluding diaryl/α,β-unsaturated/α-hetero) is 1. The Morgan fingerprint density at radius 3 is 2.08 bits per heavy atom. The Morgan fingerprint density at radius 1 is 1.38 bits per heavy atom. The molecule has 0 saturated carbocycles. The zero-order valence-electron chi connectivity index (χ0n) is 6.89. The van der Waals surface area contributed by atoms with Crippen LogP contribution in [-0.2, 0) is 9.59 Å². The topological polar surface area (TPSA) is 54.4 Å². The Hall–Kier alpha value is -1.07. The van der Waals surface area contributed by atoms with Crippen LogP contribution in [0.4, 0.5) is 13.2 Å². The Bertz CT molecular complexity index is 210. The minimum atomic E-state index is -4.54. The lowest BCUT2D eigenvalue weighted by Gasteiger charge is -2.12. The second-order valence-electron chi connectivity index (χ2n) is 2.76. The Kier molecular flexibility index (Phi) is 3.90. The average Bonchev–Trinajstić information content (AvgIpc) is 1.81. The SMILES string of the molecule is CC(=O)C[C@@H](CC(F)(F)F)C(=O)O. The van der Waals surface area contributed by atoms with Gasteiger partial charge in [0.25, 0.3) is 0 Å². The molecular weight excluding hydrogens is 189 g/mol. The molecule has 0 rings (SSSR count). The number of hydrogen-bond donors (Lipinski definition) is 1. The molecule has 0 saturated heterocycles. The summed E-state index contributed by atoms with van der Waals surface area (Å²) in [7, 11) is 0. The van der Waals surface area contributed by atoms with Crippen LogP contribution in [0.1, 0.15) is 19.8 Å². The summed E-state index contributed by atoms with van der Waals surface area (Å²) in [5, 5.41) is 8.33. The third-order valence-corrected chi connectivity index (χ3v) is 1.36. The molecule has 1 atom stereocenters. The minimum absolute atomic E-state index is 0.559. The van der Waals surface area contributed by atoms with Crippen LogP contribution in [0.3, 0.4) is 0 Å². The maximum absolute atomic E-state index is 11.7. The van der Waals surface area contributed by atoms with Crippen molar-refractivity contribution in [1.29, 1.82) is 0 Å². The number of rotatable bonds is 4. The van der Waals surface area contributed by atoms with Gasteiger partial charge in [0.2, 0.25) is 0 Å². The van der Waals surface area contributed by atoms with Gasteiger partial charge < -0.3 is 9.90 Å². The van der Waals surface area contributed by atoms with E-state index in [-0.39, 0.29) is 0 Å². The highest BCUT2D eigenvalue weighted by Crippen LogP contribution is 2.26. The first-order valence-corrected chi connectivity index (χ1v) is 3.51. The fourth-order valence-corrected chi connectivity index (χ4v) is 0.873. The van der Waals surface area contributed by atoms with Crippen LogP contribution in [-0.4, -0.2) is 23.0 Å². The number of halogens is 3. The summed E-state index contributed by atoms with van der Waals surface area (Å²) in [5.74, 6) is -3.80. The molecule has 0 aliphatic heterocycles. The third kappa shape index (κ3) is 6.12. The first-order valence-electron chi connectivity index (χ1n) is 3.51. The normalized spacial score (nSPS) is 13.8. The molecule has 0 heterocycles. The van der Waals surface area contributed by atoms with Crippen molar-refractivity contribution in [2.75, 3.05) is 0 Å². The Labute approximate surface area is 72.5 Å². The first-order chi connectivity index (χ1) is 5.72. The predicted octanol–water partition coefficient (Wildman–Crippen LogP) is 1.62. The quantitative estimate of drug-likeness (QED) is 0.746. The molecule has 0 radical (unpaired) electrons. The maximum atomic E-state index is 11.7. The number of ketones is 1. The molecule has 6 heteroatoms. The van der Waals surface area contributed by atoms with Crippen LogP contribution in [0.2, 0.25) is 0 Å². The number of carboxylic acids is 1. The maximum Gasteiger partial charge on any atom is 0.389 e. The van der Waals surface area contributed by atoms with E-state index < -0.39 is 36.7 Å². The molecule has 1 N–H and O–H groups in total. The average molecular weight is 198 g/mol. The summed E-state index contributed by atoms with van der Waals surface area (Å²) < 4.78 is 35.2. The molecule has 3 nitrogen and oxygen atoms in total. The van der Waals surface area contributed by atoms with Crippen LogP contribution >= 0.6 is 0 Å². The molecule has 0 spiro atoms. The van der Waals surface area contributed by atoms with Crippen LogP contribution < -0.4 is 0 Å². The van der Waals surface area contributed by atoms with Gasteiger partial charge in [-0.3, -0.25) is 4.79 Å². The minimum Gasteiger partial charge on any atom is -0.481 e. The van der Waals surface area contributed by atoms with Gasteiger partial charge in [0, 0.05) is 6.42 Å². The summed E-state index contributed by atoms with van der Waals surface area (Å²) in [6.45, 7) is 1.06. The zero-order valence-corrected chi connectivity index (χ0v) is 6.89. The molecule has 13 heavy (non-hydrogen) atoms. The monoisotopic (exact) mass is 198 g/mol. The number of carbonyl (C=O) groups excluding carboxylic acids is 1. The van der Waals surface area contributed by atoms with Crippen molar-refractivity contribution in [1.82, 2.24) is 0 Å². The van der Waals surface area contributed by atoms with E-state index >= 15 is 0 Å². The largest absolute Gasteiger partial charge is 0.481 e. The van der Waals surface area contributed by atoms with Gasteiger partial charge in [-0.25, -0.2) is 0 Å². The summed E-state index contributed by atoms with van der Waals surface area (Å²) in [6.07, 6.45) is -6.57. The van der Waals surface area contributed by atoms with Crippen molar-refractivity contribution in [3.05, 3.63) is 0 Å². The summed E-state index contributed by atoms with van der Waals surface area (Å²) >= 11 is 0. The van der Waals surface area contributed by atoms with E-state index in [1.165, 1.54) is 0 Å². The molecule has 0 amide bonds. The van der Waals surface area contributed by atoms with E-state index in [1.54, 1.807) is 0 Å². The highest BCUT2D eigenvalue weighted by atomic mass is 19.4. The van der Waals surface area contributed by atoms with E-state index in [9.17, 15) is 22.8 Å². The Balaban J connectivity index is 4.27. The fourth-order valence-electron chi connectivity index (χ4n) is 0.873. The van der Waals surface area contributed by atoms with E-state index in [2.05, 4.69) is 0 Å². The fraction of sp³-hybridized carbons (Fsp3) is 0.714. The molecule has 0 fully saturated rings. The summed E-state index contributed by atoms with van der Waals surface area (Å²) in [4.78, 5) is 20.7. The van der Waals surface area contributed by atoms with Gasteiger partial charge in [-0.05, 0) is 6.92 Å². The van der Waals surface area contributed by atoms with Crippen molar-refractivity contribution < 1.29 is 27.9 Å². The van der Waals surface area contributed by atoms with Crippen molar-refractivity contribution in [2.45, 2.75) is 25.9 Å². The predicted molar refractivity (Wildman–Crippen MR) is 37.1 cm³/mol. The van der Waals surface area contributed by atoms with Crippen LogP contribution in [0.5, 0.6) is 0 Å². The lowest BCUT2D eigenvalue weighted by Crippen LogP contribution is -2.24. The first kappa shape index (κ1) is 11.9. The zero-order chi connectivity index (χ0) is 10.6. The number of carboxylic acid groups (broad SMARTS) is 1. The van der Waals surface area contributed by atoms with E-state index in [1.807, 2.05) is 0 Å². The van der Waals surface area contributed by atoms with Crippen LogP contribution in [0.25, 0.3) is 0 Å². The van der Waals surface area contributed by atoms with Gasteiger partial charge in [0.1, 0.15) is 5.78 Å². The molecule has 0 aliphatic rings. The van der Waals surface area contributed by atoms with Crippen LogP contribution in [0.15, 0.2) is 0 Å². The van der Waals surface area contributed by atoms with Gasteiger partial charge in [-0.15, -0.1) is 0 Å². The second-order valence-corrected chi connectivity index (χ2v) is 2.76. The van der Waals surface area contributed by atoms with Gasteiger partial charge in [0.05, 0.1) is 12.3 Å². The molecule has 0 aliphatic carbocycles. The lowest BCUT2D eigenvalue weighted by atomic mass is 9.99. The molecule has 0 bridgehead atoms. The van der Waals surface area contributed by atoms with E-state index in [4.69, 9.17) is 5.11 Å². The van der Waals surface area contributed by atoms with Gasteiger partial charge in [-0.1, -0.05) is 0 Å². The highest BCUT2D eigenvalue weighted by Gasteiger charge is 2.35. The van der Waals surface area contributed by atoms with Crippen LogP contribution in [0, 0.1) is 5.92 Å². The Morgan fingerprint density at radius 2 is 1.85 bits per heavy atom. The van der Waals surface area contributed by atoms with Crippen molar-refractivity contribution in [3.8, 4) is 0 Å². The molecule has 0 aromatic carbocycles. The van der Waals surface area contributed by atoms with Gasteiger partial charge in [0.15, 0.2) is 0 Å². The number of carbonyl (C=O) groups is 2. The molecule has 0 unspecified atom stereocenters. The standard InChI is InChI=1S/C7H9F3O3/c1-4(11)2-5(6(12)13)3-7(8,9)10/h5H,2-3H2,1H3,(H,12,13)/t5-/m0/s1. The second kappa shape index (κ2) is 4.25. The lowest BCUT2D eigenvalue weighted by molar-refractivity contribution is -0.164. The molecule has 0 aromatic rings. The third-order valence-electron chi connectivity index (χ3n) is 1.36. The van der Waals surface area contributed by atoms with Crippen molar-refractivity contribution in [3.63, 3.8) is 0 Å². The smallest absolute Gasteiger partial charge is 0.389 e. The molecule has 76 valence electrons.